The molecule has 0 radical (unpaired) electrons. The summed E-state index contributed by atoms with van der Waals surface area (Å²) in [5, 5.41) is 16.2. The first kappa shape index (κ1) is 16.9. The fourth-order valence-corrected chi connectivity index (χ4v) is 2.95. The van der Waals surface area contributed by atoms with Crippen LogP contribution in [0.15, 0.2) is 35.5 Å². The number of ether oxygens (including phenoxy) is 1. The van der Waals surface area contributed by atoms with Crippen LogP contribution in [-0.2, 0) is 9.53 Å². The van der Waals surface area contributed by atoms with E-state index in [0.717, 1.165) is 0 Å². The van der Waals surface area contributed by atoms with Crippen LogP contribution in [0.25, 0.3) is 0 Å². The quantitative estimate of drug-likeness (QED) is 0.628. The maximum atomic E-state index is 12.9. The molecular formula is C16H18N4O5. The minimum atomic E-state index is -0.662. The molecule has 2 aliphatic heterocycles. The minimum absolute atomic E-state index is 0.0502. The lowest BCUT2D eigenvalue weighted by atomic mass is 9.94. The van der Waals surface area contributed by atoms with Gasteiger partial charge >= 0.3 is 6.03 Å². The third kappa shape index (κ3) is 3.45. The molecule has 2 N–H and O–H groups in total. The van der Waals surface area contributed by atoms with Crippen LogP contribution in [0.4, 0.5) is 10.5 Å². The number of non-ortho nitro benzene ring substituents is 1. The lowest BCUT2D eigenvalue weighted by Gasteiger charge is -2.33. The van der Waals surface area contributed by atoms with Crippen molar-refractivity contribution in [3.63, 3.8) is 0 Å². The highest BCUT2D eigenvalue weighted by Crippen LogP contribution is 2.29. The molecule has 1 saturated heterocycles. The second kappa shape index (κ2) is 6.89. The Hall–Kier alpha value is -2.94. The molecule has 1 aromatic rings. The molecule has 2 heterocycles. The van der Waals surface area contributed by atoms with Crippen LogP contribution in [0.1, 0.15) is 18.5 Å². The number of hydrogen-bond donors (Lipinski definition) is 2. The fraction of sp³-hybridized carbons (Fsp3) is 0.375. The summed E-state index contributed by atoms with van der Waals surface area (Å²) in [6, 6.07) is 4.73. The van der Waals surface area contributed by atoms with E-state index in [4.69, 9.17) is 4.74 Å². The number of allylic oxidation sites excluding steroid dienone is 1. The molecule has 1 atom stereocenters. The monoisotopic (exact) mass is 346 g/mol. The van der Waals surface area contributed by atoms with Gasteiger partial charge in [0.25, 0.3) is 11.6 Å². The molecule has 2 aliphatic rings. The number of carbonyl (C=O) groups excluding carboxylic acids is 2. The van der Waals surface area contributed by atoms with Gasteiger partial charge in [-0.15, -0.1) is 0 Å². The van der Waals surface area contributed by atoms with E-state index in [1.165, 1.54) is 12.1 Å². The number of nitrogens with zero attached hydrogens (tertiary/aromatic N) is 2. The van der Waals surface area contributed by atoms with Crippen LogP contribution in [-0.4, -0.2) is 48.1 Å². The Kier molecular flexibility index (Phi) is 4.66. The van der Waals surface area contributed by atoms with Gasteiger partial charge in [0.2, 0.25) is 0 Å². The Morgan fingerprint density at radius 3 is 2.52 bits per heavy atom. The molecular weight excluding hydrogens is 328 g/mol. The smallest absolute Gasteiger partial charge is 0.319 e. The van der Waals surface area contributed by atoms with Gasteiger partial charge < -0.3 is 20.3 Å². The van der Waals surface area contributed by atoms with E-state index in [2.05, 4.69) is 10.6 Å². The normalized spacial score (nSPS) is 20.8. The first-order valence-electron chi connectivity index (χ1n) is 7.87. The molecule has 3 amide bonds. The van der Waals surface area contributed by atoms with Gasteiger partial charge in [-0.05, 0) is 24.6 Å². The lowest BCUT2D eigenvalue weighted by Crippen LogP contribution is -2.49. The molecule has 0 aromatic heterocycles. The molecule has 9 nitrogen and oxygen atoms in total. The van der Waals surface area contributed by atoms with Crippen molar-refractivity contribution in [2.75, 3.05) is 26.3 Å². The lowest BCUT2D eigenvalue weighted by molar-refractivity contribution is -0.384. The first-order valence-corrected chi connectivity index (χ1v) is 7.87. The number of hydrogen-bond acceptors (Lipinski definition) is 5. The average molecular weight is 346 g/mol. The summed E-state index contributed by atoms with van der Waals surface area (Å²) >= 11 is 0. The number of carbonyl (C=O) groups is 2. The van der Waals surface area contributed by atoms with E-state index in [-0.39, 0.29) is 11.6 Å². The molecule has 0 bridgehead atoms. The number of rotatable bonds is 3. The summed E-state index contributed by atoms with van der Waals surface area (Å²) in [5.41, 5.74) is 1.46. The Bertz CT molecular complexity index is 737. The predicted molar refractivity (Wildman–Crippen MR) is 87.6 cm³/mol. The van der Waals surface area contributed by atoms with Crippen molar-refractivity contribution >= 4 is 17.6 Å². The van der Waals surface area contributed by atoms with Crippen molar-refractivity contribution in [2.24, 2.45) is 0 Å². The zero-order valence-electron chi connectivity index (χ0n) is 13.7. The third-order valence-corrected chi connectivity index (χ3v) is 4.24. The average Bonchev–Trinajstić information content (AvgIpc) is 2.61. The Labute approximate surface area is 143 Å². The van der Waals surface area contributed by atoms with Gasteiger partial charge in [-0.25, -0.2) is 4.79 Å². The zero-order valence-corrected chi connectivity index (χ0v) is 13.7. The third-order valence-electron chi connectivity index (χ3n) is 4.24. The van der Waals surface area contributed by atoms with Gasteiger partial charge in [-0.1, -0.05) is 0 Å². The zero-order chi connectivity index (χ0) is 18.0. The molecule has 3 rings (SSSR count). The summed E-state index contributed by atoms with van der Waals surface area (Å²) in [6.07, 6.45) is 0. The largest absolute Gasteiger partial charge is 0.378 e. The van der Waals surface area contributed by atoms with E-state index >= 15 is 0 Å². The number of urea groups is 1. The molecule has 1 fully saturated rings. The van der Waals surface area contributed by atoms with Gasteiger partial charge in [0, 0.05) is 30.9 Å². The van der Waals surface area contributed by atoms with E-state index in [1.807, 2.05) is 0 Å². The number of morpholine rings is 1. The maximum absolute atomic E-state index is 12.9. The fourth-order valence-electron chi connectivity index (χ4n) is 2.95. The molecule has 132 valence electrons. The van der Waals surface area contributed by atoms with Gasteiger partial charge in [-0.2, -0.15) is 0 Å². The maximum Gasteiger partial charge on any atom is 0.319 e. The minimum Gasteiger partial charge on any atom is -0.378 e. The van der Waals surface area contributed by atoms with Crippen LogP contribution in [0, 0.1) is 10.1 Å². The van der Waals surface area contributed by atoms with Crippen molar-refractivity contribution in [3.05, 3.63) is 51.2 Å². The SMILES string of the molecule is CC1=C(C(=O)N2CCOCC2)[C@@H](c2ccc([N+](=O)[O-])cc2)NC(=O)N1. The predicted octanol–water partition coefficient (Wildman–Crippen LogP) is 1.08. The summed E-state index contributed by atoms with van der Waals surface area (Å²) < 4.78 is 5.27. The van der Waals surface area contributed by atoms with Crippen molar-refractivity contribution < 1.29 is 19.2 Å². The Balaban J connectivity index is 1.94. The summed E-state index contributed by atoms with van der Waals surface area (Å²) in [6.45, 7) is 3.58. The molecule has 0 unspecified atom stereocenters. The highest BCUT2D eigenvalue weighted by atomic mass is 16.6. The second-order valence-electron chi connectivity index (χ2n) is 5.82. The van der Waals surface area contributed by atoms with Gasteiger partial charge in [0.05, 0.1) is 29.8 Å². The van der Waals surface area contributed by atoms with Crippen molar-refractivity contribution in [1.29, 1.82) is 0 Å². The van der Waals surface area contributed by atoms with Gasteiger partial charge in [0.1, 0.15) is 0 Å². The number of benzene rings is 1. The number of nitro benzene ring substituents is 1. The standard InChI is InChI=1S/C16H18N4O5/c1-10-13(15(21)19-6-8-25-9-7-19)14(18-16(22)17-10)11-2-4-12(5-3-11)20(23)24/h2-5,14H,6-9H2,1H3,(H2,17,18,22)/t14-/m1/s1. The van der Waals surface area contributed by atoms with E-state index in [0.29, 0.717) is 43.1 Å². The van der Waals surface area contributed by atoms with Crippen molar-refractivity contribution in [1.82, 2.24) is 15.5 Å². The molecule has 0 saturated carbocycles. The molecule has 25 heavy (non-hydrogen) atoms. The van der Waals surface area contributed by atoms with Crippen LogP contribution >= 0.6 is 0 Å². The summed E-state index contributed by atoms with van der Waals surface area (Å²) in [7, 11) is 0. The van der Waals surface area contributed by atoms with E-state index < -0.39 is 17.0 Å². The molecule has 9 heteroatoms. The number of nitrogens with one attached hydrogen (secondary N) is 2. The van der Waals surface area contributed by atoms with E-state index in [9.17, 15) is 19.7 Å². The van der Waals surface area contributed by atoms with Gasteiger partial charge in [0.15, 0.2) is 0 Å². The first-order chi connectivity index (χ1) is 12.0. The molecule has 0 aliphatic carbocycles. The van der Waals surface area contributed by atoms with Gasteiger partial charge in [-0.3, -0.25) is 14.9 Å². The highest BCUT2D eigenvalue weighted by molar-refractivity contribution is 5.98. The van der Waals surface area contributed by atoms with Crippen LogP contribution in [0.3, 0.4) is 0 Å². The summed E-state index contributed by atoms with van der Waals surface area (Å²) in [5.74, 6) is -0.184. The van der Waals surface area contributed by atoms with E-state index in [1.54, 1.807) is 24.0 Å². The molecule has 1 aromatic carbocycles. The summed E-state index contributed by atoms with van der Waals surface area (Å²) in [4.78, 5) is 36.8. The second-order valence-corrected chi connectivity index (χ2v) is 5.82. The van der Waals surface area contributed by atoms with Crippen molar-refractivity contribution in [3.8, 4) is 0 Å². The number of nitro groups is 1. The van der Waals surface area contributed by atoms with Crippen molar-refractivity contribution in [2.45, 2.75) is 13.0 Å². The topological polar surface area (TPSA) is 114 Å². The Morgan fingerprint density at radius 2 is 1.92 bits per heavy atom. The molecule has 0 spiro atoms. The van der Waals surface area contributed by atoms with Crippen LogP contribution in [0.5, 0.6) is 0 Å². The Morgan fingerprint density at radius 1 is 1.28 bits per heavy atom. The van der Waals surface area contributed by atoms with Crippen LogP contribution < -0.4 is 10.6 Å². The number of amides is 3. The van der Waals surface area contributed by atoms with Crippen LogP contribution in [0.2, 0.25) is 0 Å². The highest BCUT2D eigenvalue weighted by Gasteiger charge is 2.34.